The number of amides is 3. The first-order valence-corrected chi connectivity index (χ1v) is 7.22. The van der Waals surface area contributed by atoms with E-state index in [1.807, 2.05) is 44.2 Å². The molecule has 7 heteroatoms. The Kier molecular flexibility index (Phi) is 4.42. The molecule has 0 aliphatic carbocycles. The maximum absolute atomic E-state index is 12.7. The van der Waals surface area contributed by atoms with Crippen LogP contribution in [0.3, 0.4) is 0 Å². The Labute approximate surface area is 128 Å². The van der Waals surface area contributed by atoms with Crippen molar-refractivity contribution in [3.05, 3.63) is 35.9 Å². The lowest BCUT2D eigenvalue weighted by Crippen LogP contribution is -2.51. The summed E-state index contributed by atoms with van der Waals surface area (Å²) in [7, 11) is 0. The summed E-state index contributed by atoms with van der Waals surface area (Å²) in [6.07, 6.45) is 0.452. The number of urea groups is 1. The van der Waals surface area contributed by atoms with E-state index >= 15 is 0 Å². The third-order valence-corrected chi connectivity index (χ3v) is 3.67. The fourth-order valence-corrected chi connectivity index (χ4v) is 2.58. The zero-order valence-electron chi connectivity index (χ0n) is 12.0. The van der Waals surface area contributed by atoms with Crippen molar-refractivity contribution in [3.63, 3.8) is 0 Å². The average molecular weight is 306 g/mol. The number of imide groups is 1. The lowest BCUT2D eigenvalue weighted by molar-refractivity contribution is -0.133. The third-order valence-electron chi connectivity index (χ3n) is 3.44. The minimum Gasteiger partial charge on any atom is -0.362 e. The molecule has 0 spiro atoms. The van der Waals surface area contributed by atoms with Crippen molar-refractivity contribution in [1.29, 1.82) is 0 Å². The van der Waals surface area contributed by atoms with Crippen LogP contribution in [0.5, 0.6) is 0 Å². The van der Waals surface area contributed by atoms with Crippen LogP contribution in [-0.4, -0.2) is 28.6 Å². The van der Waals surface area contributed by atoms with E-state index in [2.05, 4.69) is 16.1 Å². The van der Waals surface area contributed by atoms with E-state index in [0.29, 0.717) is 13.0 Å². The van der Waals surface area contributed by atoms with Gasteiger partial charge in [0, 0.05) is 6.54 Å². The number of hydrogen-bond donors (Lipinski definition) is 3. The third kappa shape index (κ3) is 2.69. The van der Waals surface area contributed by atoms with Crippen molar-refractivity contribution in [3.8, 4) is 0 Å². The predicted octanol–water partition coefficient (Wildman–Crippen LogP) is 1.24. The summed E-state index contributed by atoms with van der Waals surface area (Å²) in [6, 6.07) is 8.69. The lowest BCUT2D eigenvalue weighted by Gasteiger charge is -2.25. The summed E-state index contributed by atoms with van der Waals surface area (Å²) >= 11 is 5.03. The molecule has 1 aromatic rings. The van der Waals surface area contributed by atoms with E-state index in [1.54, 1.807) is 0 Å². The van der Waals surface area contributed by atoms with Crippen LogP contribution in [0.2, 0.25) is 0 Å². The SMILES string of the molecule is CCNC(=S)NN1C(=O)N[C@](CC)(c2ccccc2)C1=O. The Hall–Kier alpha value is -2.15. The normalized spacial score (nSPS) is 21.1. The molecule has 1 fully saturated rings. The van der Waals surface area contributed by atoms with Gasteiger partial charge >= 0.3 is 6.03 Å². The highest BCUT2D eigenvalue weighted by molar-refractivity contribution is 7.80. The van der Waals surface area contributed by atoms with Crippen molar-refractivity contribution < 1.29 is 9.59 Å². The molecule has 1 heterocycles. The first-order valence-electron chi connectivity index (χ1n) is 6.82. The highest BCUT2D eigenvalue weighted by Gasteiger charge is 2.51. The van der Waals surface area contributed by atoms with E-state index < -0.39 is 11.6 Å². The summed E-state index contributed by atoms with van der Waals surface area (Å²) in [5.74, 6) is -0.360. The van der Waals surface area contributed by atoms with Gasteiger partial charge in [0.2, 0.25) is 0 Å². The van der Waals surface area contributed by atoms with Gasteiger partial charge in [-0.1, -0.05) is 37.3 Å². The quantitative estimate of drug-likeness (QED) is 0.576. The molecule has 3 N–H and O–H groups in total. The van der Waals surface area contributed by atoms with E-state index in [1.165, 1.54) is 0 Å². The predicted molar refractivity (Wildman–Crippen MR) is 83.2 cm³/mol. The fraction of sp³-hybridized carbons (Fsp3) is 0.357. The number of hydrogen-bond acceptors (Lipinski definition) is 3. The van der Waals surface area contributed by atoms with Crippen molar-refractivity contribution in [2.24, 2.45) is 0 Å². The molecular weight excluding hydrogens is 288 g/mol. The summed E-state index contributed by atoms with van der Waals surface area (Å²) in [6.45, 7) is 4.34. The first-order chi connectivity index (χ1) is 10.0. The number of rotatable bonds is 4. The van der Waals surface area contributed by atoms with E-state index in [9.17, 15) is 9.59 Å². The molecule has 2 rings (SSSR count). The van der Waals surface area contributed by atoms with Crippen LogP contribution in [0, 0.1) is 0 Å². The number of thiocarbonyl (C=S) groups is 1. The monoisotopic (exact) mass is 306 g/mol. The van der Waals surface area contributed by atoms with Crippen molar-refractivity contribution >= 4 is 29.3 Å². The van der Waals surface area contributed by atoms with Gasteiger partial charge in [-0.3, -0.25) is 10.2 Å². The highest BCUT2D eigenvalue weighted by atomic mass is 32.1. The lowest BCUT2D eigenvalue weighted by atomic mass is 9.87. The fourth-order valence-electron chi connectivity index (χ4n) is 2.34. The van der Waals surface area contributed by atoms with Crippen LogP contribution < -0.4 is 16.1 Å². The van der Waals surface area contributed by atoms with Gasteiger partial charge in [0.1, 0.15) is 5.54 Å². The van der Waals surface area contributed by atoms with Crippen LogP contribution in [0.25, 0.3) is 0 Å². The minimum absolute atomic E-state index is 0.237. The molecule has 1 aliphatic heterocycles. The molecule has 1 aromatic carbocycles. The molecule has 0 saturated carbocycles. The second-order valence-corrected chi connectivity index (χ2v) is 5.08. The Morgan fingerprint density at radius 3 is 2.52 bits per heavy atom. The van der Waals surface area contributed by atoms with Gasteiger partial charge < -0.3 is 10.6 Å². The van der Waals surface area contributed by atoms with Gasteiger partial charge in [0.25, 0.3) is 5.91 Å². The van der Waals surface area contributed by atoms with Gasteiger partial charge in [-0.05, 0) is 31.1 Å². The molecule has 1 atom stereocenters. The molecule has 112 valence electrons. The second kappa shape index (κ2) is 6.09. The van der Waals surface area contributed by atoms with Crippen LogP contribution in [0.4, 0.5) is 4.79 Å². The highest BCUT2D eigenvalue weighted by Crippen LogP contribution is 2.31. The maximum atomic E-state index is 12.7. The molecule has 0 aromatic heterocycles. The number of carbonyl (C=O) groups excluding carboxylic acids is 2. The molecule has 6 nitrogen and oxygen atoms in total. The molecule has 3 amide bonds. The van der Waals surface area contributed by atoms with Crippen LogP contribution >= 0.6 is 12.2 Å². The number of nitrogens with one attached hydrogen (secondary N) is 3. The topological polar surface area (TPSA) is 73.5 Å². The molecule has 1 aliphatic rings. The molecule has 0 radical (unpaired) electrons. The molecular formula is C14H18N4O2S. The van der Waals surface area contributed by atoms with E-state index in [0.717, 1.165) is 10.6 Å². The molecule has 0 unspecified atom stereocenters. The number of carbonyl (C=O) groups is 2. The van der Waals surface area contributed by atoms with Crippen LogP contribution in [-0.2, 0) is 10.3 Å². The van der Waals surface area contributed by atoms with Gasteiger partial charge in [-0.2, -0.15) is 5.01 Å². The van der Waals surface area contributed by atoms with Crippen molar-refractivity contribution in [2.75, 3.05) is 6.54 Å². The maximum Gasteiger partial charge on any atom is 0.344 e. The molecule has 1 saturated heterocycles. The largest absolute Gasteiger partial charge is 0.362 e. The second-order valence-electron chi connectivity index (χ2n) is 4.67. The Morgan fingerprint density at radius 2 is 1.95 bits per heavy atom. The summed E-state index contributed by atoms with van der Waals surface area (Å²) in [5.41, 5.74) is 2.34. The Balaban J connectivity index is 2.29. The zero-order valence-corrected chi connectivity index (χ0v) is 12.8. The number of nitrogens with zero attached hydrogens (tertiary/aromatic N) is 1. The molecule has 21 heavy (non-hydrogen) atoms. The van der Waals surface area contributed by atoms with Gasteiger partial charge in [-0.25, -0.2) is 4.79 Å². The van der Waals surface area contributed by atoms with Crippen LogP contribution in [0.15, 0.2) is 30.3 Å². The molecule has 0 bridgehead atoms. The number of hydrazine groups is 1. The van der Waals surface area contributed by atoms with Gasteiger partial charge in [0.05, 0.1) is 0 Å². The Bertz CT molecular complexity index is 563. The summed E-state index contributed by atoms with van der Waals surface area (Å²) in [4.78, 5) is 24.8. The van der Waals surface area contributed by atoms with Gasteiger partial charge in [-0.15, -0.1) is 0 Å². The van der Waals surface area contributed by atoms with Crippen molar-refractivity contribution in [2.45, 2.75) is 25.8 Å². The van der Waals surface area contributed by atoms with Crippen LogP contribution in [0.1, 0.15) is 25.8 Å². The Morgan fingerprint density at radius 1 is 1.29 bits per heavy atom. The van der Waals surface area contributed by atoms with E-state index in [4.69, 9.17) is 12.2 Å². The first kappa shape index (κ1) is 15.2. The van der Waals surface area contributed by atoms with Crippen molar-refractivity contribution in [1.82, 2.24) is 21.1 Å². The standard InChI is InChI=1S/C14H18N4O2S/c1-3-14(10-8-6-5-7-9-10)11(19)18(13(20)16-14)17-12(21)15-4-2/h5-9H,3-4H2,1-2H3,(H,16,20)(H2,15,17,21)/t14-/m1/s1. The zero-order chi connectivity index (χ0) is 15.5. The average Bonchev–Trinajstić information content (AvgIpc) is 2.73. The smallest absolute Gasteiger partial charge is 0.344 e. The number of benzene rings is 1. The van der Waals surface area contributed by atoms with E-state index in [-0.39, 0.29) is 11.0 Å². The summed E-state index contributed by atoms with van der Waals surface area (Å²) in [5, 5.41) is 6.78. The minimum atomic E-state index is -1.05. The summed E-state index contributed by atoms with van der Waals surface area (Å²) < 4.78 is 0. The van der Waals surface area contributed by atoms with Gasteiger partial charge in [0.15, 0.2) is 5.11 Å².